The zero-order chi connectivity index (χ0) is 25.0. The van der Waals surface area contributed by atoms with Gasteiger partial charge in [0.15, 0.2) is 24.8 Å². The average molecular weight is 609 g/mol. The predicted molar refractivity (Wildman–Crippen MR) is 140 cm³/mol. The third-order valence-corrected chi connectivity index (χ3v) is 5.32. The van der Waals surface area contributed by atoms with Crippen LogP contribution in [0.3, 0.4) is 0 Å². The number of aryl methyl sites for hydroxylation is 1. The second-order valence-electron chi connectivity index (χ2n) is 7.30. The van der Waals surface area contributed by atoms with Gasteiger partial charge in [0.2, 0.25) is 0 Å². The van der Waals surface area contributed by atoms with Crippen LogP contribution in [-0.2, 0) is 6.54 Å². The van der Waals surface area contributed by atoms with Gasteiger partial charge in [0, 0.05) is 73.6 Å². The van der Waals surface area contributed by atoms with Crippen LogP contribution in [0.15, 0.2) is 98.1 Å². The van der Waals surface area contributed by atoms with Crippen LogP contribution in [0.25, 0.3) is 22.3 Å². The van der Waals surface area contributed by atoms with Gasteiger partial charge in [0.05, 0.1) is 12.1 Å². The Morgan fingerprint density at radius 2 is 1.14 bits per heavy atom. The molecule has 4 aromatic rings. The number of hydrogen-bond donors (Lipinski definition) is 0. The Bertz CT molecular complexity index is 1120. The molecule has 6 nitrogen and oxygen atoms in total. The van der Waals surface area contributed by atoms with E-state index >= 15 is 0 Å². The maximum atomic E-state index is 8.47. The van der Waals surface area contributed by atoms with E-state index in [4.69, 9.17) is 10.5 Å². The zero-order valence-corrected chi connectivity index (χ0v) is 23.1. The van der Waals surface area contributed by atoms with Crippen molar-refractivity contribution in [1.29, 1.82) is 10.5 Å². The standard InChI is InChI=1S/C14H14N3.C10H8N2.C4H6BrN.BrH/c15-7-1-2-10-17-11-5-14(6-12-17)13-3-8-16-9-4-13;1-5-11-6-2-9(1)10-3-7-12-8-4-10;5-3-1-2-4-6;/h3-6,8-9,11-12H,1-2,10H2;1-8H;1-3H2;1H/q+1;;;. The summed E-state index contributed by atoms with van der Waals surface area (Å²) >= 11 is 3.20. The smallest absolute Gasteiger partial charge is 0.169 e. The Balaban J connectivity index is 0.000000298. The molecule has 4 heterocycles. The van der Waals surface area contributed by atoms with E-state index in [0.29, 0.717) is 12.8 Å². The van der Waals surface area contributed by atoms with E-state index in [1.807, 2.05) is 42.7 Å². The summed E-state index contributed by atoms with van der Waals surface area (Å²) in [6.07, 6.45) is 18.3. The van der Waals surface area contributed by atoms with Crippen molar-refractivity contribution in [1.82, 2.24) is 9.97 Å². The van der Waals surface area contributed by atoms with Gasteiger partial charge >= 0.3 is 0 Å². The minimum absolute atomic E-state index is 0. The molecule has 8 heteroatoms. The number of nitrogens with zero attached hydrogens (tertiary/aromatic N) is 5. The summed E-state index contributed by atoms with van der Waals surface area (Å²) in [5, 5.41) is 17.3. The van der Waals surface area contributed by atoms with Gasteiger partial charge in [-0.2, -0.15) is 10.5 Å². The van der Waals surface area contributed by atoms with Gasteiger partial charge in [-0.1, -0.05) is 15.9 Å². The van der Waals surface area contributed by atoms with E-state index in [0.717, 1.165) is 24.7 Å². The SMILES string of the molecule is N#CCCCBr.N#CCCC[n+]1ccc(-c2cc[nH+]cc2)cc1.[Br-].c1cc(-c2ccncc2)ccn1. The van der Waals surface area contributed by atoms with E-state index in [9.17, 15) is 0 Å². The highest BCUT2D eigenvalue weighted by molar-refractivity contribution is 9.09. The Hall–Kier alpha value is -3.46. The molecular weight excluding hydrogens is 580 g/mol. The Labute approximate surface area is 232 Å². The van der Waals surface area contributed by atoms with Crippen molar-refractivity contribution >= 4 is 15.9 Å². The highest BCUT2D eigenvalue weighted by Gasteiger charge is 2.03. The number of unbranched alkanes of at least 4 members (excludes halogenated alkanes) is 2. The molecule has 0 fully saturated rings. The van der Waals surface area contributed by atoms with Crippen molar-refractivity contribution in [3.05, 3.63) is 98.1 Å². The van der Waals surface area contributed by atoms with E-state index in [1.54, 1.807) is 24.8 Å². The number of nitrogens with one attached hydrogen (secondary N) is 1. The van der Waals surface area contributed by atoms with Crippen LogP contribution in [0.4, 0.5) is 0 Å². The molecule has 0 saturated carbocycles. The van der Waals surface area contributed by atoms with Gasteiger partial charge in [-0.05, 0) is 52.9 Å². The van der Waals surface area contributed by atoms with E-state index in [-0.39, 0.29) is 17.0 Å². The van der Waals surface area contributed by atoms with Gasteiger partial charge in [0.25, 0.3) is 0 Å². The zero-order valence-electron chi connectivity index (χ0n) is 20.0. The molecule has 4 aromatic heterocycles. The molecule has 0 saturated heterocycles. The largest absolute Gasteiger partial charge is 1.00 e. The number of hydrogen-bond acceptors (Lipinski definition) is 4. The number of rotatable bonds is 7. The van der Waals surface area contributed by atoms with E-state index < -0.39 is 0 Å². The Morgan fingerprint density at radius 1 is 0.694 bits per heavy atom. The molecule has 0 amide bonds. The number of aromatic nitrogens is 4. The van der Waals surface area contributed by atoms with Crippen LogP contribution in [0.5, 0.6) is 0 Å². The maximum absolute atomic E-state index is 8.47. The van der Waals surface area contributed by atoms with Crippen molar-refractivity contribution in [2.24, 2.45) is 0 Å². The van der Waals surface area contributed by atoms with Gasteiger partial charge in [-0.3, -0.25) is 9.97 Å². The number of alkyl halides is 1. The van der Waals surface area contributed by atoms with E-state index in [1.165, 1.54) is 22.3 Å². The van der Waals surface area contributed by atoms with Gasteiger partial charge in [0.1, 0.15) is 6.54 Å². The number of aromatic amines is 1. The first kappa shape index (κ1) is 30.6. The van der Waals surface area contributed by atoms with Crippen molar-refractivity contribution < 1.29 is 26.5 Å². The lowest BCUT2D eigenvalue weighted by molar-refractivity contribution is -0.697. The third kappa shape index (κ3) is 12.3. The summed E-state index contributed by atoms with van der Waals surface area (Å²) in [5.41, 5.74) is 4.75. The lowest BCUT2D eigenvalue weighted by atomic mass is 10.1. The highest BCUT2D eigenvalue weighted by atomic mass is 79.9. The molecule has 4 rings (SSSR count). The first-order chi connectivity index (χ1) is 17.3. The molecule has 184 valence electrons. The van der Waals surface area contributed by atoms with Crippen molar-refractivity contribution in [2.75, 3.05) is 5.33 Å². The van der Waals surface area contributed by atoms with Gasteiger partial charge in [-0.15, -0.1) is 0 Å². The number of nitriles is 2. The topological polar surface area (TPSA) is 91.4 Å². The molecule has 0 aliphatic heterocycles. The van der Waals surface area contributed by atoms with Crippen LogP contribution >= 0.6 is 15.9 Å². The molecule has 0 radical (unpaired) electrons. The van der Waals surface area contributed by atoms with Crippen LogP contribution in [0.2, 0.25) is 0 Å². The van der Waals surface area contributed by atoms with Crippen molar-refractivity contribution in [3.8, 4) is 34.4 Å². The lowest BCUT2D eigenvalue weighted by Crippen LogP contribution is -3.00. The molecule has 0 unspecified atom stereocenters. The molecular formula is C28H29Br2N6+. The van der Waals surface area contributed by atoms with Crippen LogP contribution in [0, 0.1) is 22.7 Å². The fourth-order valence-corrected chi connectivity index (χ4v) is 3.23. The van der Waals surface area contributed by atoms with E-state index in [2.05, 4.69) is 78.2 Å². The second-order valence-corrected chi connectivity index (χ2v) is 8.09. The molecule has 0 atom stereocenters. The fraction of sp³-hybridized carbons (Fsp3) is 0.214. The number of halogens is 2. The predicted octanol–water partition coefficient (Wildman–Crippen LogP) is 2.59. The normalized spacial score (nSPS) is 9.08. The molecule has 0 bridgehead atoms. The summed E-state index contributed by atoms with van der Waals surface area (Å²) in [7, 11) is 0. The number of H-pyrrole nitrogens is 1. The lowest BCUT2D eigenvalue weighted by Gasteiger charge is -1.98. The molecule has 0 aromatic carbocycles. The molecule has 0 aliphatic rings. The minimum atomic E-state index is 0. The summed E-state index contributed by atoms with van der Waals surface area (Å²) in [6, 6.07) is 20.4. The van der Waals surface area contributed by atoms with Crippen LogP contribution < -0.4 is 26.5 Å². The quantitative estimate of drug-likeness (QED) is 0.183. The first-order valence-corrected chi connectivity index (χ1v) is 12.5. The molecule has 36 heavy (non-hydrogen) atoms. The fourth-order valence-electron chi connectivity index (χ4n) is 2.95. The first-order valence-electron chi connectivity index (χ1n) is 11.3. The van der Waals surface area contributed by atoms with Gasteiger partial charge in [-0.25, -0.2) is 9.55 Å². The minimum Gasteiger partial charge on any atom is -1.00 e. The van der Waals surface area contributed by atoms with Crippen LogP contribution in [-0.4, -0.2) is 15.3 Å². The summed E-state index contributed by atoms with van der Waals surface area (Å²) in [4.78, 5) is 10.9. The molecule has 0 spiro atoms. The molecule has 1 N–H and O–H groups in total. The molecule has 0 aliphatic carbocycles. The monoisotopic (exact) mass is 607 g/mol. The van der Waals surface area contributed by atoms with Crippen molar-refractivity contribution in [2.45, 2.75) is 32.2 Å². The Morgan fingerprint density at radius 3 is 1.58 bits per heavy atom. The average Bonchev–Trinajstić information content (AvgIpc) is 2.95. The summed E-state index contributed by atoms with van der Waals surface area (Å²) in [6.45, 7) is 0.899. The highest BCUT2D eigenvalue weighted by Crippen LogP contribution is 2.16. The summed E-state index contributed by atoms with van der Waals surface area (Å²) in [5.74, 6) is 0. The summed E-state index contributed by atoms with van der Waals surface area (Å²) < 4.78 is 2.11. The maximum Gasteiger partial charge on any atom is 0.169 e. The third-order valence-electron chi connectivity index (χ3n) is 4.76. The second kappa shape index (κ2) is 19.8. The van der Waals surface area contributed by atoms with Crippen LogP contribution in [0.1, 0.15) is 25.7 Å². The Kier molecular flexibility index (Phi) is 16.8. The number of pyridine rings is 4. The van der Waals surface area contributed by atoms with Gasteiger partial charge < -0.3 is 17.0 Å². The van der Waals surface area contributed by atoms with Crippen molar-refractivity contribution in [3.63, 3.8) is 0 Å².